The van der Waals surface area contributed by atoms with Crippen LogP contribution < -0.4 is 4.90 Å². The predicted octanol–water partition coefficient (Wildman–Crippen LogP) is 3.19. The fraction of sp³-hybridized carbons (Fsp3) is 0.400. The maximum Gasteiger partial charge on any atom is 0.216 e. The summed E-state index contributed by atoms with van der Waals surface area (Å²) in [6.07, 6.45) is 1.79. The van der Waals surface area contributed by atoms with Gasteiger partial charge >= 0.3 is 0 Å². The van der Waals surface area contributed by atoms with E-state index in [1.165, 1.54) is 0 Å². The Morgan fingerprint density at radius 3 is 2.38 bits per heavy atom. The van der Waals surface area contributed by atoms with Crippen molar-refractivity contribution in [3.8, 4) is 0 Å². The molecular formula is C15H21N5S. The van der Waals surface area contributed by atoms with Crippen LogP contribution in [0, 0.1) is 4.77 Å². The lowest BCUT2D eigenvalue weighted by Gasteiger charge is -2.15. The summed E-state index contributed by atoms with van der Waals surface area (Å²) in [5, 5.41) is 11.5. The third-order valence-corrected chi connectivity index (χ3v) is 3.32. The zero-order valence-electron chi connectivity index (χ0n) is 13.1. The van der Waals surface area contributed by atoms with Gasteiger partial charge in [0.1, 0.15) is 0 Å². The Kier molecular flexibility index (Phi) is 4.27. The molecule has 1 N–H and O–H groups in total. The molecule has 0 aliphatic heterocycles. The minimum absolute atomic E-state index is 0.125. The number of aromatic amines is 1. The van der Waals surface area contributed by atoms with Crippen molar-refractivity contribution in [2.75, 3.05) is 19.0 Å². The van der Waals surface area contributed by atoms with E-state index in [-0.39, 0.29) is 5.41 Å². The lowest BCUT2D eigenvalue weighted by molar-refractivity contribution is 0.516. The minimum Gasteiger partial charge on any atom is -0.378 e. The summed E-state index contributed by atoms with van der Waals surface area (Å²) in [4.78, 5) is 2.06. The molecule has 0 fully saturated rings. The zero-order chi connectivity index (χ0) is 15.6. The molecular weight excluding hydrogens is 282 g/mol. The molecule has 1 aromatic carbocycles. The fourth-order valence-electron chi connectivity index (χ4n) is 1.87. The molecule has 0 radical (unpaired) electrons. The van der Waals surface area contributed by atoms with E-state index < -0.39 is 0 Å². The smallest absolute Gasteiger partial charge is 0.216 e. The van der Waals surface area contributed by atoms with E-state index in [0.717, 1.165) is 17.1 Å². The lowest BCUT2D eigenvalue weighted by atomic mass is 9.96. The largest absolute Gasteiger partial charge is 0.378 e. The van der Waals surface area contributed by atoms with Crippen molar-refractivity contribution < 1.29 is 0 Å². The van der Waals surface area contributed by atoms with E-state index in [4.69, 9.17) is 12.2 Å². The highest BCUT2D eigenvalue weighted by molar-refractivity contribution is 7.71. The summed E-state index contributed by atoms with van der Waals surface area (Å²) < 4.78 is 2.18. The minimum atomic E-state index is -0.125. The topological polar surface area (TPSA) is 49.2 Å². The molecule has 6 heteroatoms. The van der Waals surface area contributed by atoms with Crippen LogP contribution >= 0.6 is 12.2 Å². The first kappa shape index (κ1) is 15.4. The van der Waals surface area contributed by atoms with Gasteiger partial charge in [0.05, 0.1) is 6.21 Å². The van der Waals surface area contributed by atoms with E-state index in [1.807, 2.05) is 26.2 Å². The summed E-state index contributed by atoms with van der Waals surface area (Å²) in [6.45, 7) is 6.24. The van der Waals surface area contributed by atoms with E-state index in [9.17, 15) is 0 Å². The van der Waals surface area contributed by atoms with Gasteiger partial charge in [0.2, 0.25) is 4.77 Å². The summed E-state index contributed by atoms with van der Waals surface area (Å²) in [6, 6.07) is 8.17. The first-order valence-corrected chi connectivity index (χ1v) is 7.19. The molecule has 0 spiro atoms. The van der Waals surface area contributed by atoms with Crippen LogP contribution in [0.3, 0.4) is 0 Å². The zero-order valence-corrected chi connectivity index (χ0v) is 13.9. The first-order chi connectivity index (χ1) is 9.79. The number of hydrogen-bond acceptors (Lipinski definition) is 4. The van der Waals surface area contributed by atoms with Gasteiger partial charge < -0.3 is 4.90 Å². The number of rotatable bonds is 3. The van der Waals surface area contributed by atoms with Gasteiger partial charge in [0.25, 0.3) is 0 Å². The molecule has 0 saturated carbocycles. The summed E-state index contributed by atoms with van der Waals surface area (Å²) >= 11 is 5.24. The predicted molar refractivity (Wildman–Crippen MR) is 89.9 cm³/mol. The molecule has 2 rings (SSSR count). The number of anilines is 1. The standard InChI is InChI=1S/C15H21N5S/c1-15(2,3)13-17-18-14(21)20(13)16-10-11-6-8-12(9-7-11)19(4)5/h6-10H,1-5H3,(H,18,21)/b16-10-. The summed E-state index contributed by atoms with van der Waals surface area (Å²) in [7, 11) is 4.03. The van der Waals surface area contributed by atoms with Crippen LogP contribution in [0.2, 0.25) is 0 Å². The Morgan fingerprint density at radius 1 is 1.24 bits per heavy atom. The molecule has 0 aliphatic carbocycles. The van der Waals surface area contributed by atoms with Crippen molar-refractivity contribution in [3.63, 3.8) is 0 Å². The molecule has 0 bridgehead atoms. The van der Waals surface area contributed by atoms with Crippen LogP contribution in [0.4, 0.5) is 5.69 Å². The number of H-pyrrole nitrogens is 1. The third-order valence-electron chi connectivity index (χ3n) is 3.05. The Morgan fingerprint density at radius 2 is 1.86 bits per heavy atom. The van der Waals surface area contributed by atoms with Crippen LogP contribution in [0.15, 0.2) is 29.4 Å². The quantitative estimate of drug-likeness (QED) is 0.700. The molecule has 1 aromatic heterocycles. The molecule has 0 saturated heterocycles. The van der Waals surface area contributed by atoms with Crippen LogP contribution in [0.1, 0.15) is 32.2 Å². The van der Waals surface area contributed by atoms with Gasteiger partial charge in [0.15, 0.2) is 5.82 Å². The van der Waals surface area contributed by atoms with Crippen LogP contribution in [0.5, 0.6) is 0 Å². The number of nitrogens with zero attached hydrogens (tertiary/aromatic N) is 4. The van der Waals surface area contributed by atoms with Crippen molar-refractivity contribution in [2.45, 2.75) is 26.2 Å². The monoisotopic (exact) mass is 303 g/mol. The Balaban J connectivity index is 2.30. The highest BCUT2D eigenvalue weighted by Crippen LogP contribution is 2.20. The Labute approximate surface area is 130 Å². The molecule has 2 aromatic rings. The van der Waals surface area contributed by atoms with Crippen molar-refractivity contribution in [1.29, 1.82) is 0 Å². The molecule has 0 amide bonds. The molecule has 0 unspecified atom stereocenters. The van der Waals surface area contributed by atoms with Gasteiger partial charge in [-0.05, 0) is 29.9 Å². The van der Waals surface area contributed by atoms with Gasteiger partial charge in [-0.15, -0.1) is 0 Å². The van der Waals surface area contributed by atoms with Gasteiger partial charge in [-0.2, -0.15) is 14.9 Å². The second kappa shape index (κ2) is 5.81. The van der Waals surface area contributed by atoms with Crippen molar-refractivity contribution >= 4 is 24.1 Å². The van der Waals surface area contributed by atoms with Gasteiger partial charge in [-0.1, -0.05) is 32.9 Å². The lowest BCUT2D eigenvalue weighted by Crippen LogP contribution is -2.17. The number of nitrogens with one attached hydrogen (secondary N) is 1. The Bertz CT molecular complexity index is 686. The third kappa shape index (κ3) is 3.58. The van der Waals surface area contributed by atoms with Gasteiger partial charge in [0, 0.05) is 25.2 Å². The van der Waals surface area contributed by atoms with Crippen LogP contribution in [-0.2, 0) is 5.41 Å². The van der Waals surface area contributed by atoms with Crippen molar-refractivity contribution in [2.24, 2.45) is 5.10 Å². The van der Waals surface area contributed by atoms with Crippen LogP contribution in [-0.4, -0.2) is 35.2 Å². The number of hydrogen-bond donors (Lipinski definition) is 1. The van der Waals surface area contributed by atoms with E-state index in [1.54, 1.807) is 10.9 Å². The van der Waals surface area contributed by atoms with E-state index in [2.05, 4.69) is 53.1 Å². The molecule has 5 nitrogen and oxygen atoms in total. The SMILES string of the molecule is CN(C)c1ccc(/C=N\n2c(C(C)(C)C)n[nH]c2=S)cc1. The van der Waals surface area contributed by atoms with Crippen LogP contribution in [0.25, 0.3) is 0 Å². The average Bonchev–Trinajstić information content (AvgIpc) is 2.78. The fourth-order valence-corrected chi connectivity index (χ4v) is 2.05. The molecule has 1 heterocycles. The van der Waals surface area contributed by atoms with E-state index >= 15 is 0 Å². The number of aromatic nitrogens is 3. The normalized spacial score (nSPS) is 12.0. The summed E-state index contributed by atoms with van der Waals surface area (Å²) in [5.74, 6) is 0.814. The average molecular weight is 303 g/mol. The molecule has 0 atom stereocenters. The highest BCUT2D eigenvalue weighted by Gasteiger charge is 2.21. The summed E-state index contributed by atoms with van der Waals surface area (Å²) in [5.41, 5.74) is 2.05. The molecule has 112 valence electrons. The van der Waals surface area contributed by atoms with Gasteiger partial charge in [-0.25, -0.2) is 0 Å². The maximum absolute atomic E-state index is 5.24. The van der Waals surface area contributed by atoms with Crippen molar-refractivity contribution in [1.82, 2.24) is 14.9 Å². The second-order valence-corrected chi connectivity index (χ2v) is 6.53. The van der Waals surface area contributed by atoms with E-state index in [0.29, 0.717) is 4.77 Å². The van der Waals surface area contributed by atoms with Gasteiger partial charge in [-0.3, -0.25) is 5.10 Å². The number of benzene rings is 1. The van der Waals surface area contributed by atoms with Crippen molar-refractivity contribution in [3.05, 3.63) is 40.4 Å². The second-order valence-electron chi connectivity index (χ2n) is 6.14. The highest BCUT2D eigenvalue weighted by atomic mass is 32.1. The first-order valence-electron chi connectivity index (χ1n) is 6.78. The molecule has 21 heavy (non-hydrogen) atoms. The Hall–Kier alpha value is -1.95. The maximum atomic E-state index is 5.24. The molecule has 0 aliphatic rings.